The van der Waals surface area contributed by atoms with Crippen LogP contribution in [-0.4, -0.2) is 34.4 Å². The van der Waals surface area contributed by atoms with E-state index < -0.39 is 11.8 Å². The summed E-state index contributed by atoms with van der Waals surface area (Å²) in [4.78, 5) is 12.2. The Morgan fingerprint density at radius 3 is 2.44 bits per heavy atom. The number of aliphatic hydroxyl groups is 2. The second-order valence-corrected chi connectivity index (χ2v) is 10.1. The van der Waals surface area contributed by atoms with E-state index in [1.807, 2.05) is 6.92 Å². The topological polar surface area (TPSA) is 57.5 Å². The number of aliphatic hydroxyl groups excluding tert-OH is 1. The number of hydrogen-bond acceptors (Lipinski definition) is 3. The van der Waals surface area contributed by atoms with Crippen LogP contribution in [0.2, 0.25) is 0 Å². The van der Waals surface area contributed by atoms with Gasteiger partial charge in [0.05, 0.1) is 5.60 Å². The molecule has 4 fully saturated rings. The average molecular weight is 352 g/mol. The summed E-state index contributed by atoms with van der Waals surface area (Å²) >= 11 is 0. The van der Waals surface area contributed by atoms with Crippen molar-refractivity contribution in [2.24, 2.45) is 40.9 Å². The molecule has 4 heteroatoms. The lowest BCUT2D eigenvalue weighted by molar-refractivity contribution is -0.140. The number of carbonyl (C=O) groups excluding carboxylic acids is 1. The van der Waals surface area contributed by atoms with Gasteiger partial charge in [-0.1, -0.05) is 6.92 Å². The first-order valence-electron chi connectivity index (χ1n) is 10.3. The monoisotopic (exact) mass is 352 g/mol. The van der Waals surface area contributed by atoms with Crippen LogP contribution in [0.4, 0.5) is 4.39 Å². The lowest BCUT2D eigenvalue weighted by Crippen LogP contribution is -2.54. The zero-order valence-electron chi connectivity index (χ0n) is 15.6. The molecule has 0 unspecified atom stereocenters. The second kappa shape index (κ2) is 6.02. The minimum Gasteiger partial charge on any atom is -0.390 e. The molecule has 2 N–H and O–H groups in total. The molecule has 0 aromatic rings. The Kier molecular flexibility index (Phi) is 4.31. The minimum atomic E-state index is -0.812. The summed E-state index contributed by atoms with van der Waals surface area (Å²) in [6.07, 6.45) is 6.14. The Balaban J connectivity index is 1.58. The maximum absolute atomic E-state index is 15.1. The molecule has 4 saturated carbocycles. The molecule has 0 spiro atoms. The van der Waals surface area contributed by atoms with Crippen LogP contribution in [0.3, 0.4) is 0 Å². The highest BCUT2D eigenvalue weighted by molar-refractivity contribution is 5.83. The summed E-state index contributed by atoms with van der Waals surface area (Å²) in [5, 5.41) is 19.8. The highest BCUT2D eigenvalue weighted by Crippen LogP contribution is 2.65. The minimum absolute atomic E-state index is 0.0114. The number of halogens is 1. The summed E-state index contributed by atoms with van der Waals surface area (Å²) in [5.74, 6) is 1.75. The average Bonchev–Trinajstić information content (AvgIpc) is 2.91. The first kappa shape index (κ1) is 17.9. The van der Waals surface area contributed by atoms with Crippen molar-refractivity contribution in [2.75, 3.05) is 6.61 Å². The van der Waals surface area contributed by atoms with Crippen molar-refractivity contribution in [1.82, 2.24) is 0 Å². The van der Waals surface area contributed by atoms with Crippen molar-refractivity contribution in [3.05, 3.63) is 0 Å². The molecule has 4 aliphatic rings. The third-order valence-corrected chi connectivity index (χ3v) is 8.79. The summed E-state index contributed by atoms with van der Waals surface area (Å²) in [6, 6.07) is 0. The maximum Gasteiger partial charge on any atom is 0.161 e. The first-order chi connectivity index (χ1) is 11.8. The van der Waals surface area contributed by atoms with Crippen LogP contribution in [0.15, 0.2) is 0 Å². The van der Waals surface area contributed by atoms with Gasteiger partial charge in [0.1, 0.15) is 12.8 Å². The summed E-state index contributed by atoms with van der Waals surface area (Å²) in [7, 11) is 0. The fourth-order valence-corrected chi connectivity index (χ4v) is 7.64. The zero-order valence-corrected chi connectivity index (χ0v) is 15.6. The van der Waals surface area contributed by atoms with Crippen molar-refractivity contribution in [3.63, 3.8) is 0 Å². The molecule has 0 aromatic carbocycles. The number of alkyl halides is 1. The molecule has 25 heavy (non-hydrogen) atoms. The predicted molar refractivity (Wildman–Crippen MR) is 93.6 cm³/mol. The number of ketones is 1. The van der Waals surface area contributed by atoms with Crippen molar-refractivity contribution in [2.45, 2.75) is 77.0 Å². The van der Waals surface area contributed by atoms with Gasteiger partial charge in [-0.3, -0.25) is 4.79 Å². The van der Waals surface area contributed by atoms with Gasteiger partial charge < -0.3 is 10.2 Å². The van der Waals surface area contributed by atoms with E-state index >= 15 is 4.39 Å². The van der Waals surface area contributed by atoms with Gasteiger partial charge in [-0.05, 0) is 93.3 Å². The van der Waals surface area contributed by atoms with Crippen LogP contribution in [0, 0.1) is 40.9 Å². The quantitative estimate of drug-likeness (QED) is 0.799. The number of carbonyl (C=O) groups is 1. The Bertz CT molecular complexity index is 547. The van der Waals surface area contributed by atoms with Crippen LogP contribution in [-0.2, 0) is 4.79 Å². The van der Waals surface area contributed by atoms with Gasteiger partial charge >= 0.3 is 0 Å². The molecule has 0 aromatic heterocycles. The Labute approximate surface area is 150 Å². The molecule has 9 atom stereocenters. The van der Waals surface area contributed by atoms with E-state index in [-0.39, 0.29) is 29.6 Å². The lowest BCUT2D eigenvalue weighted by atomic mass is 9.48. The van der Waals surface area contributed by atoms with Crippen molar-refractivity contribution in [3.8, 4) is 0 Å². The molecular weight excluding hydrogens is 319 g/mol. The third-order valence-electron chi connectivity index (χ3n) is 8.79. The third kappa shape index (κ3) is 2.70. The van der Waals surface area contributed by atoms with Gasteiger partial charge in [0, 0.05) is 5.92 Å². The Morgan fingerprint density at radius 2 is 1.72 bits per heavy atom. The van der Waals surface area contributed by atoms with Crippen LogP contribution in [0.25, 0.3) is 0 Å². The molecule has 0 aliphatic heterocycles. The molecular formula is C21H33FO3. The zero-order chi connectivity index (χ0) is 18.0. The van der Waals surface area contributed by atoms with E-state index in [4.69, 9.17) is 0 Å². The SMILES string of the molecule is C[C@]1(O)CC[C@@H]2[C@H]3CC[C@]4(C)[C@@H](C(=O)CO)CC[C@H]4[C@@H]3C[C@@H](F)[C@H]2C1. The maximum atomic E-state index is 15.1. The van der Waals surface area contributed by atoms with Gasteiger partial charge in [-0.15, -0.1) is 0 Å². The van der Waals surface area contributed by atoms with Crippen molar-refractivity contribution >= 4 is 5.78 Å². The van der Waals surface area contributed by atoms with Crippen LogP contribution in [0.1, 0.15) is 65.2 Å². The standard InChI is InChI=1S/C21H33FO3/c1-20(25)7-5-13-12-6-8-21(2)16(3-4-17(21)19(24)11-23)14(12)9-18(22)15(13)10-20/h12-18,23,25H,3-11H2,1-2H3/t12-,13-,14-,15+,16+,17-,18-,20+,21+/m1/s1. The molecule has 142 valence electrons. The number of Topliss-reactive ketones (excluding diaryl/α,β-unsaturated/α-hetero) is 1. The van der Waals surface area contributed by atoms with E-state index in [1.54, 1.807) is 0 Å². The molecule has 3 nitrogen and oxygen atoms in total. The molecule has 0 amide bonds. The Morgan fingerprint density at radius 1 is 1.04 bits per heavy atom. The Hall–Kier alpha value is -0.480. The fraction of sp³-hybridized carbons (Fsp3) is 0.952. The van der Waals surface area contributed by atoms with E-state index in [9.17, 15) is 15.0 Å². The van der Waals surface area contributed by atoms with Gasteiger partial charge in [0.25, 0.3) is 0 Å². The van der Waals surface area contributed by atoms with E-state index in [0.29, 0.717) is 36.5 Å². The predicted octanol–water partition coefficient (Wildman–Crippen LogP) is 3.52. The highest BCUT2D eigenvalue weighted by Gasteiger charge is 2.60. The van der Waals surface area contributed by atoms with Gasteiger partial charge in [0.15, 0.2) is 5.78 Å². The summed E-state index contributed by atoms with van der Waals surface area (Å²) in [6.45, 7) is 3.73. The fourth-order valence-electron chi connectivity index (χ4n) is 7.64. The van der Waals surface area contributed by atoms with E-state index in [1.165, 1.54) is 0 Å². The van der Waals surface area contributed by atoms with Crippen molar-refractivity contribution in [1.29, 1.82) is 0 Å². The summed E-state index contributed by atoms with van der Waals surface area (Å²) < 4.78 is 15.1. The van der Waals surface area contributed by atoms with Gasteiger partial charge in [-0.25, -0.2) is 4.39 Å². The van der Waals surface area contributed by atoms with E-state index in [0.717, 1.165) is 38.5 Å². The molecule has 4 aliphatic carbocycles. The lowest BCUT2D eigenvalue weighted by Gasteiger charge is -2.57. The molecule has 0 heterocycles. The van der Waals surface area contributed by atoms with Crippen LogP contribution >= 0.6 is 0 Å². The normalized spacial score (nSPS) is 55.2. The van der Waals surface area contributed by atoms with Gasteiger partial charge in [-0.2, -0.15) is 0 Å². The molecule has 0 saturated heterocycles. The second-order valence-electron chi connectivity index (χ2n) is 10.1. The van der Waals surface area contributed by atoms with Crippen LogP contribution in [0.5, 0.6) is 0 Å². The highest BCUT2D eigenvalue weighted by atomic mass is 19.1. The number of hydrogen-bond donors (Lipinski definition) is 2. The summed E-state index contributed by atoms with van der Waals surface area (Å²) in [5.41, 5.74) is -0.749. The van der Waals surface area contributed by atoms with Crippen molar-refractivity contribution < 1.29 is 19.4 Å². The number of fused-ring (bicyclic) bond motifs is 5. The van der Waals surface area contributed by atoms with Crippen LogP contribution < -0.4 is 0 Å². The molecule has 0 radical (unpaired) electrons. The molecule has 0 bridgehead atoms. The molecule has 4 rings (SSSR count). The first-order valence-corrected chi connectivity index (χ1v) is 10.3. The number of rotatable bonds is 2. The largest absolute Gasteiger partial charge is 0.390 e. The van der Waals surface area contributed by atoms with E-state index in [2.05, 4.69) is 6.92 Å². The smallest absolute Gasteiger partial charge is 0.161 e. The van der Waals surface area contributed by atoms with Gasteiger partial charge in [0.2, 0.25) is 0 Å².